The Morgan fingerprint density at radius 1 is 0.956 bits per heavy atom. The Hall–Kier alpha value is -4.06. The first-order chi connectivity index (χ1) is 21.8. The number of carbonyl (C=O) groups excluding carboxylic acids is 2. The maximum atomic E-state index is 13.5. The number of fused-ring (bicyclic) bond motifs is 4. The smallest absolute Gasteiger partial charge is 0.255 e. The lowest BCUT2D eigenvalue weighted by molar-refractivity contribution is -0.116. The average molecular weight is 636 g/mol. The molecule has 6 rings (SSSR count). The number of carbonyl (C=O) groups is 2. The molecule has 0 aliphatic carbocycles. The highest BCUT2D eigenvalue weighted by Gasteiger charge is 2.35. The minimum atomic E-state index is -0.381. The average Bonchev–Trinajstić information content (AvgIpc) is 3.05. The van der Waals surface area contributed by atoms with Gasteiger partial charge in [-0.3, -0.25) is 19.3 Å². The zero-order chi connectivity index (χ0) is 31.5. The van der Waals surface area contributed by atoms with E-state index < -0.39 is 0 Å². The molecule has 45 heavy (non-hydrogen) atoms. The van der Waals surface area contributed by atoms with Gasteiger partial charge in [-0.05, 0) is 42.7 Å². The number of pyridine rings is 1. The number of aromatic nitrogens is 1. The van der Waals surface area contributed by atoms with Crippen LogP contribution in [0.5, 0.6) is 11.5 Å². The number of anilines is 3. The zero-order valence-electron chi connectivity index (χ0n) is 25.5. The molecule has 0 spiro atoms. The van der Waals surface area contributed by atoms with Crippen LogP contribution in [0.3, 0.4) is 0 Å². The van der Waals surface area contributed by atoms with Crippen LogP contribution in [-0.2, 0) is 16.1 Å². The maximum Gasteiger partial charge on any atom is 0.255 e. The van der Waals surface area contributed by atoms with Crippen LogP contribution < -0.4 is 30.6 Å². The van der Waals surface area contributed by atoms with Crippen molar-refractivity contribution in [3.05, 3.63) is 75.2 Å². The van der Waals surface area contributed by atoms with Gasteiger partial charge in [0.15, 0.2) is 0 Å². The number of hydrogen-bond acceptors (Lipinski definition) is 8. The lowest BCUT2D eigenvalue weighted by Crippen LogP contribution is -2.47. The summed E-state index contributed by atoms with van der Waals surface area (Å²) in [4.78, 5) is 43.8. The second-order valence-electron chi connectivity index (χ2n) is 11.7. The third-order valence-corrected chi connectivity index (χ3v) is 9.13. The van der Waals surface area contributed by atoms with Gasteiger partial charge in [-0.1, -0.05) is 17.7 Å². The van der Waals surface area contributed by atoms with Crippen molar-refractivity contribution in [2.45, 2.75) is 25.3 Å². The Kier molecular flexibility index (Phi) is 9.29. The molecule has 0 radical (unpaired) electrons. The Bertz CT molecular complexity index is 1640. The number of ether oxygens (including phenoxy) is 3. The van der Waals surface area contributed by atoms with Crippen LogP contribution in [0, 0.1) is 5.92 Å². The van der Waals surface area contributed by atoms with Crippen LogP contribution in [0.25, 0.3) is 0 Å². The molecular weight excluding hydrogens is 598 g/mol. The molecule has 2 amide bonds. The molecule has 12 heteroatoms. The van der Waals surface area contributed by atoms with Crippen LogP contribution in [0.15, 0.2) is 53.3 Å². The summed E-state index contributed by atoms with van der Waals surface area (Å²) in [7, 11) is 3.01. The third-order valence-electron chi connectivity index (χ3n) is 8.83. The fraction of sp³-hybridized carbons (Fsp3) is 0.424. The minimum absolute atomic E-state index is 0.0361. The van der Waals surface area contributed by atoms with Crippen LogP contribution in [0.4, 0.5) is 17.1 Å². The minimum Gasteiger partial charge on any atom is -0.495 e. The standard InChI is InChI=1S/C33H38ClN5O6/c1-43-29-17-30(44-2)26(16-24(29)34)36-33(42)22-6-7-28(25(15-22)35-31(40)8-9-37-10-12-45-13-11-37)38-18-21-14-23(20-38)27-4-3-5-32(41)39(27)19-21/h3-7,15-17,21,23H,8-14,18-20H2,1-2H3,(H,35,40)(H,36,42)/t21-,23+/m1/s1. The van der Waals surface area contributed by atoms with E-state index in [4.69, 9.17) is 25.8 Å². The Morgan fingerprint density at radius 2 is 1.76 bits per heavy atom. The highest BCUT2D eigenvalue weighted by Crippen LogP contribution is 2.40. The quantitative estimate of drug-likeness (QED) is 0.362. The normalized spacial score (nSPS) is 19.4. The van der Waals surface area contributed by atoms with Crippen molar-refractivity contribution in [1.82, 2.24) is 9.47 Å². The van der Waals surface area contributed by atoms with Crippen LogP contribution >= 0.6 is 11.6 Å². The molecule has 2 N–H and O–H groups in total. The number of hydrogen-bond donors (Lipinski definition) is 2. The second-order valence-corrected chi connectivity index (χ2v) is 12.1. The number of piperidine rings is 1. The molecule has 2 bridgehead atoms. The van der Waals surface area contributed by atoms with Crippen molar-refractivity contribution in [3.8, 4) is 11.5 Å². The molecule has 11 nitrogen and oxygen atoms in total. The van der Waals surface area contributed by atoms with E-state index in [0.29, 0.717) is 72.7 Å². The summed E-state index contributed by atoms with van der Waals surface area (Å²) in [6, 6.07) is 14.0. The van der Waals surface area contributed by atoms with Crippen molar-refractivity contribution in [2.75, 3.05) is 75.7 Å². The predicted octanol–water partition coefficient (Wildman–Crippen LogP) is 4.06. The van der Waals surface area contributed by atoms with Gasteiger partial charge in [-0.2, -0.15) is 0 Å². The first-order valence-electron chi connectivity index (χ1n) is 15.2. The molecule has 3 aromatic rings. The summed E-state index contributed by atoms with van der Waals surface area (Å²) in [6.45, 7) is 5.66. The molecule has 0 unspecified atom stereocenters. The van der Waals surface area contributed by atoms with Crippen molar-refractivity contribution < 1.29 is 23.8 Å². The highest BCUT2D eigenvalue weighted by atomic mass is 35.5. The first-order valence-corrected chi connectivity index (χ1v) is 15.6. The van der Waals surface area contributed by atoms with Crippen molar-refractivity contribution in [1.29, 1.82) is 0 Å². The van der Waals surface area contributed by atoms with E-state index in [2.05, 4.69) is 20.4 Å². The van der Waals surface area contributed by atoms with E-state index in [9.17, 15) is 14.4 Å². The van der Waals surface area contributed by atoms with Crippen LogP contribution in [0.1, 0.15) is 34.8 Å². The molecule has 2 saturated heterocycles. The third kappa shape index (κ3) is 6.80. The molecule has 0 saturated carbocycles. The van der Waals surface area contributed by atoms with Gasteiger partial charge in [-0.25, -0.2) is 0 Å². The maximum absolute atomic E-state index is 13.5. The van der Waals surface area contributed by atoms with Crippen molar-refractivity contribution >= 4 is 40.5 Å². The molecule has 2 fully saturated rings. The number of benzene rings is 2. The molecule has 3 aliphatic rings. The number of rotatable bonds is 9. The van der Waals surface area contributed by atoms with Crippen molar-refractivity contribution in [3.63, 3.8) is 0 Å². The summed E-state index contributed by atoms with van der Waals surface area (Å²) < 4.78 is 18.1. The molecule has 2 aromatic carbocycles. The van der Waals surface area contributed by atoms with Crippen molar-refractivity contribution in [2.24, 2.45) is 5.92 Å². The monoisotopic (exact) mass is 635 g/mol. The summed E-state index contributed by atoms with van der Waals surface area (Å²) in [6.07, 6.45) is 1.33. The largest absolute Gasteiger partial charge is 0.495 e. The molecule has 1 aromatic heterocycles. The summed E-state index contributed by atoms with van der Waals surface area (Å²) in [5, 5.41) is 6.33. The van der Waals surface area contributed by atoms with E-state index in [-0.39, 0.29) is 29.2 Å². The van der Waals surface area contributed by atoms with E-state index >= 15 is 0 Å². The van der Waals surface area contributed by atoms with Gasteiger partial charge in [0.1, 0.15) is 11.5 Å². The number of nitrogens with one attached hydrogen (secondary N) is 2. The van der Waals surface area contributed by atoms with E-state index in [0.717, 1.165) is 37.4 Å². The van der Waals surface area contributed by atoms with Gasteiger partial charge in [0.2, 0.25) is 5.91 Å². The number of morpholine rings is 1. The van der Waals surface area contributed by atoms with Gasteiger partial charge < -0.3 is 34.3 Å². The number of amides is 2. The zero-order valence-corrected chi connectivity index (χ0v) is 26.3. The number of nitrogens with zero attached hydrogens (tertiary/aromatic N) is 3. The second kappa shape index (κ2) is 13.5. The topological polar surface area (TPSA) is 114 Å². The summed E-state index contributed by atoms with van der Waals surface area (Å²) >= 11 is 6.33. The Balaban J connectivity index is 1.26. The van der Waals surface area contributed by atoms with Crippen LogP contribution in [-0.4, -0.2) is 81.4 Å². The first kappa shape index (κ1) is 30.9. The summed E-state index contributed by atoms with van der Waals surface area (Å²) in [5.41, 5.74) is 3.26. The van der Waals surface area contributed by atoms with Gasteiger partial charge >= 0.3 is 0 Å². The fourth-order valence-corrected chi connectivity index (χ4v) is 6.84. The molecule has 238 valence electrons. The molecular formula is C33H38ClN5O6. The van der Waals surface area contributed by atoms with Gasteiger partial charge in [-0.15, -0.1) is 0 Å². The molecule has 3 aliphatic heterocycles. The Morgan fingerprint density at radius 3 is 2.53 bits per heavy atom. The lowest BCUT2D eigenvalue weighted by atomic mass is 9.83. The lowest BCUT2D eigenvalue weighted by Gasteiger charge is -2.44. The SMILES string of the molecule is COc1cc(OC)c(NC(=O)c2ccc(N3C[C@H]4C[C@@H](C3)c3cccc(=O)n3C4)c(NC(=O)CCN3CCOCC3)c2)cc1Cl. The Labute approximate surface area is 267 Å². The number of halogens is 1. The van der Waals surface area contributed by atoms with Gasteiger partial charge in [0.25, 0.3) is 11.5 Å². The van der Waals surface area contributed by atoms with E-state index in [1.54, 1.807) is 30.3 Å². The van der Waals surface area contributed by atoms with E-state index in [1.807, 2.05) is 22.8 Å². The van der Waals surface area contributed by atoms with Crippen LogP contribution in [0.2, 0.25) is 5.02 Å². The summed E-state index contributed by atoms with van der Waals surface area (Å²) in [5.74, 6) is 0.795. The highest BCUT2D eigenvalue weighted by molar-refractivity contribution is 6.32. The molecule has 4 heterocycles. The van der Waals surface area contributed by atoms with E-state index in [1.165, 1.54) is 14.2 Å². The van der Waals surface area contributed by atoms with Gasteiger partial charge in [0, 0.05) is 75.0 Å². The van der Waals surface area contributed by atoms with Gasteiger partial charge in [0.05, 0.1) is 49.5 Å². The predicted molar refractivity (Wildman–Crippen MR) is 173 cm³/mol. The molecule has 2 atom stereocenters. The fourth-order valence-electron chi connectivity index (χ4n) is 6.60. The number of methoxy groups -OCH3 is 2.